The van der Waals surface area contributed by atoms with Crippen molar-refractivity contribution in [1.29, 1.82) is 5.26 Å². The van der Waals surface area contributed by atoms with Crippen LogP contribution in [0.1, 0.15) is 21.5 Å². The summed E-state index contributed by atoms with van der Waals surface area (Å²) in [5.74, 6) is -1.92. The first kappa shape index (κ1) is 13.6. The Morgan fingerprint density at radius 3 is 2.65 bits per heavy atom. The average molecular weight is 270 g/mol. The fourth-order valence-corrected chi connectivity index (χ4v) is 1.88. The molecule has 0 aliphatic rings. The van der Waals surface area contributed by atoms with Gasteiger partial charge in [0.15, 0.2) is 0 Å². The maximum absolute atomic E-state index is 13.8. The lowest BCUT2D eigenvalue weighted by atomic mass is 10.1. The summed E-state index contributed by atoms with van der Waals surface area (Å²) in [5.41, 5.74) is 1.12. The molecule has 0 aliphatic heterocycles. The predicted octanol–water partition coefficient (Wildman–Crippen LogP) is 3.45. The number of carbonyl (C=O) groups is 1. The second-order valence-electron chi connectivity index (χ2n) is 4.20. The number of nitrogens with one attached hydrogen (secondary N) is 1. The van der Waals surface area contributed by atoms with E-state index in [0.29, 0.717) is 11.3 Å². The van der Waals surface area contributed by atoms with Gasteiger partial charge in [-0.25, -0.2) is 9.18 Å². The number of hydrogen-bond acceptors (Lipinski definition) is 3. The van der Waals surface area contributed by atoms with Gasteiger partial charge in [-0.15, -0.1) is 0 Å². The van der Waals surface area contributed by atoms with Crippen molar-refractivity contribution in [1.82, 2.24) is 0 Å². The highest BCUT2D eigenvalue weighted by molar-refractivity contribution is 5.95. The first-order valence-corrected chi connectivity index (χ1v) is 5.83. The zero-order valence-corrected chi connectivity index (χ0v) is 10.6. The highest BCUT2D eigenvalue weighted by Gasteiger charge is 2.16. The molecular weight excluding hydrogens is 259 g/mol. The molecule has 2 aromatic carbocycles. The van der Waals surface area contributed by atoms with Gasteiger partial charge in [-0.1, -0.05) is 18.2 Å². The van der Waals surface area contributed by atoms with Crippen LogP contribution in [0.2, 0.25) is 0 Å². The number of carboxylic acids is 1. The van der Waals surface area contributed by atoms with E-state index in [1.807, 2.05) is 6.07 Å². The average Bonchev–Trinajstić information content (AvgIpc) is 2.41. The van der Waals surface area contributed by atoms with Crippen molar-refractivity contribution in [2.45, 2.75) is 6.92 Å². The topological polar surface area (TPSA) is 73.1 Å². The second kappa shape index (κ2) is 5.41. The molecule has 0 fully saturated rings. The number of aromatic carboxylic acids is 1. The molecule has 4 nitrogen and oxygen atoms in total. The molecule has 2 rings (SSSR count). The van der Waals surface area contributed by atoms with Gasteiger partial charge in [-0.3, -0.25) is 0 Å². The van der Waals surface area contributed by atoms with Crippen LogP contribution in [0.5, 0.6) is 0 Å². The number of benzene rings is 2. The van der Waals surface area contributed by atoms with Crippen LogP contribution in [0.3, 0.4) is 0 Å². The molecule has 0 unspecified atom stereocenters. The molecule has 0 atom stereocenters. The smallest absolute Gasteiger partial charge is 0.337 e. The lowest BCUT2D eigenvalue weighted by Gasteiger charge is -2.12. The molecule has 0 aliphatic carbocycles. The molecular formula is C15H11FN2O2. The SMILES string of the molecule is Cc1cccc(Nc2c(F)cccc2C(=O)O)c1C#N. The van der Waals surface area contributed by atoms with E-state index in [-0.39, 0.29) is 11.3 Å². The molecule has 2 N–H and O–H groups in total. The summed E-state index contributed by atoms with van der Waals surface area (Å²) in [6, 6.07) is 10.9. The van der Waals surface area contributed by atoms with Gasteiger partial charge in [0.05, 0.1) is 22.5 Å². The fraction of sp³-hybridized carbons (Fsp3) is 0.0667. The van der Waals surface area contributed by atoms with E-state index in [0.717, 1.165) is 11.6 Å². The van der Waals surface area contributed by atoms with Crippen LogP contribution >= 0.6 is 0 Å². The first-order valence-electron chi connectivity index (χ1n) is 5.83. The summed E-state index contributed by atoms with van der Waals surface area (Å²) in [7, 11) is 0. The number of nitriles is 1. The molecule has 0 amide bonds. The lowest BCUT2D eigenvalue weighted by molar-refractivity contribution is 0.0697. The number of anilines is 2. The summed E-state index contributed by atoms with van der Waals surface area (Å²) in [6.07, 6.45) is 0. The molecule has 0 aromatic heterocycles. The van der Waals surface area contributed by atoms with Gasteiger partial charge in [0.25, 0.3) is 0 Å². The summed E-state index contributed by atoms with van der Waals surface area (Å²) in [5, 5.41) is 20.9. The van der Waals surface area contributed by atoms with Crippen LogP contribution in [-0.2, 0) is 0 Å². The normalized spacial score (nSPS) is 9.85. The van der Waals surface area contributed by atoms with E-state index in [1.54, 1.807) is 25.1 Å². The minimum Gasteiger partial charge on any atom is -0.478 e. The molecule has 0 spiro atoms. The molecule has 0 bridgehead atoms. The Morgan fingerprint density at radius 1 is 1.30 bits per heavy atom. The monoisotopic (exact) mass is 270 g/mol. The predicted molar refractivity (Wildman–Crippen MR) is 72.5 cm³/mol. The summed E-state index contributed by atoms with van der Waals surface area (Å²) >= 11 is 0. The highest BCUT2D eigenvalue weighted by Crippen LogP contribution is 2.27. The van der Waals surface area contributed by atoms with Crippen molar-refractivity contribution in [3.8, 4) is 6.07 Å². The second-order valence-corrected chi connectivity index (χ2v) is 4.20. The highest BCUT2D eigenvalue weighted by atomic mass is 19.1. The van der Waals surface area contributed by atoms with Gasteiger partial charge in [-0.05, 0) is 30.7 Å². The Morgan fingerprint density at radius 2 is 2.00 bits per heavy atom. The van der Waals surface area contributed by atoms with Crippen LogP contribution in [0.4, 0.5) is 15.8 Å². The van der Waals surface area contributed by atoms with Crippen LogP contribution < -0.4 is 5.32 Å². The lowest BCUT2D eigenvalue weighted by Crippen LogP contribution is -2.06. The summed E-state index contributed by atoms with van der Waals surface area (Å²) in [6.45, 7) is 1.75. The Labute approximate surface area is 115 Å². The van der Waals surface area contributed by atoms with Crippen molar-refractivity contribution >= 4 is 17.3 Å². The Kier molecular flexibility index (Phi) is 3.67. The third-order valence-electron chi connectivity index (χ3n) is 2.89. The number of nitrogens with zero attached hydrogens (tertiary/aromatic N) is 1. The molecule has 0 saturated heterocycles. The first-order chi connectivity index (χ1) is 9.54. The van der Waals surface area contributed by atoms with Gasteiger partial charge >= 0.3 is 5.97 Å². The minimum absolute atomic E-state index is 0.151. The van der Waals surface area contributed by atoms with Crippen LogP contribution in [-0.4, -0.2) is 11.1 Å². The van der Waals surface area contributed by atoms with Gasteiger partial charge in [0, 0.05) is 0 Å². The third kappa shape index (κ3) is 2.45. The Bertz CT molecular complexity index is 720. The van der Waals surface area contributed by atoms with E-state index >= 15 is 0 Å². The van der Waals surface area contributed by atoms with Crippen molar-refractivity contribution < 1.29 is 14.3 Å². The third-order valence-corrected chi connectivity index (χ3v) is 2.89. The largest absolute Gasteiger partial charge is 0.478 e. The Hall–Kier alpha value is -2.87. The Balaban J connectivity index is 2.54. The van der Waals surface area contributed by atoms with Gasteiger partial charge < -0.3 is 10.4 Å². The van der Waals surface area contributed by atoms with Crippen molar-refractivity contribution in [2.24, 2.45) is 0 Å². The van der Waals surface area contributed by atoms with Gasteiger partial charge in [0.2, 0.25) is 0 Å². The maximum Gasteiger partial charge on any atom is 0.337 e. The van der Waals surface area contributed by atoms with E-state index in [4.69, 9.17) is 10.4 Å². The zero-order valence-electron chi connectivity index (χ0n) is 10.6. The maximum atomic E-state index is 13.8. The van der Waals surface area contributed by atoms with Crippen LogP contribution in [0, 0.1) is 24.1 Å². The van der Waals surface area contributed by atoms with Crippen molar-refractivity contribution in [3.05, 3.63) is 58.9 Å². The molecule has 100 valence electrons. The van der Waals surface area contributed by atoms with Crippen LogP contribution in [0.15, 0.2) is 36.4 Å². The fourth-order valence-electron chi connectivity index (χ4n) is 1.88. The standard InChI is InChI=1S/C15H11FN2O2/c1-9-4-2-7-13(11(9)8-17)18-14-10(15(19)20)5-3-6-12(14)16/h2-7,18H,1H3,(H,19,20). The molecule has 20 heavy (non-hydrogen) atoms. The van der Waals surface area contributed by atoms with Crippen molar-refractivity contribution in [2.75, 3.05) is 5.32 Å². The quantitative estimate of drug-likeness (QED) is 0.895. The van der Waals surface area contributed by atoms with E-state index in [9.17, 15) is 9.18 Å². The van der Waals surface area contributed by atoms with E-state index < -0.39 is 11.8 Å². The zero-order chi connectivity index (χ0) is 14.7. The molecule has 0 radical (unpaired) electrons. The number of aryl methyl sites for hydroxylation is 1. The van der Waals surface area contributed by atoms with Gasteiger partial charge in [-0.2, -0.15) is 5.26 Å². The van der Waals surface area contributed by atoms with Crippen LogP contribution in [0.25, 0.3) is 0 Å². The number of hydrogen-bond donors (Lipinski definition) is 2. The molecule has 2 aromatic rings. The van der Waals surface area contributed by atoms with E-state index in [2.05, 4.69) is 5.32 Å². The summed E-state index contributed by atoms with van der Waals surface area (Å²) in [4.78, 5) is 11.1. The molecule has 0 saturated carbocycles. The molecule has 0 heterocycles. The minimum atomic E-state index is -1.24. The number of carboxylic acid groups (broad SMARTS) is 1. The van der Waals surface area contributed by atoms with Gasteiger partial charge in [0.1, 0.15) is 11.9 Å². The molecule has 5 heteroatoms. The van der Waals surface area contributed by atoms with Crippen molar-refractivity contribution in [3.63, 3.8) is 0 Å². The summed E-state index contributed by atoms with van der Waals surface area (Å²) < 4.78 is 13.8. The number of rotatable bonds is 3. The number of para-hydroxylation sites is 1. The number of halogens is 1. The van der Waals surface area contributed by atoms with E-state index in [1.165, 1.54) is 12.1 Å².